The van der Waals surface area contributed by atoms with Gasteiger partial charge in [0, 0.05) is 31.0 Å². The van der Waals surface area contributed by atoms with Crippen molar-refractivity contribution in [3.8, 4) is 5.75 Å². The maximum absolute atomic E-state index is 9.92. The summed E-state index contributed by atoms with van der Waals surface area (Å²) >= 11 is 0. The van der Waals surface area contributed by atoms with Gasteiger partial charge >= 0.3 is 0 Å². The van der Waals surface area contributed by atoms with Crippen LogP contribution in [0.25, 0.3) is 0 Å². The van der Waals surface area contributed by atoms with Gasteiger partial charge in [0.15, 0.2) is 0 Å². The SMILES string of the molecule is Cc1ccc(OCCNC[C@H](O)c2cccnc2)cc1. The van der Waals surface area contributed by atoms with Crippen molar-refractivity contribution in [1.29, 1.82) is 0 Å². The van der Waals surface area contributed by atoms with Gasteiger partial charge in [0.2, 0.25) is 0 Å². The predicted molar refractivity (Wildman–Crippen MR) is 78.7 cm³/mol. The van der Waals surface area contributed by atoms with Gasteiger partial charge in [0.25, 0.3) is 0 Å². The van der Waals surface area contributed by atoms with Crippen molar-refractivity contribution in [3.63, 3.8) is 0 Å². The number of rotatable bonds is 7. The number of hydrogen-bond acceptors (Lipinski definition) is 4. The first-order valence-electron chi connectivity index (χ1n) is 6.74. The van der Waals surface area contributed by atoms with Gasteiger partial charge in [-0.25, -0.2) is 0 Å². The standard InChI is InChI=1S/C16H20N2O2/c1-13-4-6-15(7-5-13)20-10-9-18-12-16(19)14-3-2-8-17-11-14/h2-8,11,16,18-19H,9-10,12H2,1H3/t16-/m0/s1. The fourth-order valence-corrected chi connectivity index (χ4v) is 1.81. The maximum atomic E-state index is 9.92. The van der Waals surface area contributed by atoms with Crippen molar-refractivity contribution >= 4 is 0 Å². The van der Waals surface area contributed by atoms with Crippen LogP contribution in [0.2, 0.25) is 0 Å². The van der Waals surface area contributed by atoms with Gasteiger partial charge in [0.05, 0.1) is 6.10 Å². The zero-order valence-electron chi connectivity index (χ0n) is 11.6. The Labute approximate surface area is 119 Å². The van der Waals surface area contributed by atoms with E-state index in [9.17, 15) is 5.11 Å². The van der Waals surface area contributed by atoms with Crippen LogP contribution in [-0.4, -0.2) is 29.8 Å². The second kappa shape index (κ2) is 7.62. The molecule has 4 heteroatoms. The Bertz CT molecular complexity index is 500. The number of nitrogens with one attached hydrogen (secondary N) is 1. The second-order valence-electron chi connectivity index (χ2n) is 4.67. The number of aliphatic hydroxyl groups excluding tert-OH is 1. The number of benzene rings is 1. The summed E-state index contributed by atoms with van der Waals surface area (Å²) in [7, 11) is 0. The summed E-state index contributed by atoms with van der Waals surface area (Å²) in [5, 5.41) is 13.1. The molecule has 0 unspecified atom stereocenters. The number of aliphatic hydroxyl groups is 1. The largest absolute Gasteiger partial charge is 0.492 e. The number of aromatic nitrogens is 1. The van der Waals surface area contributed by atoms with Crippen LogP contribution in [0.1, 0.15) is 17.2 Å². The number of nitrogens with zero attached hydrogens (tertiary/aromatic N) is 1. The van der Waals surface area contributed by atoms with Crippen molar-refractivity contribution in [1.82, 2.24) is 10.3 Å². The van der Waals surface area contributed by atoms with Crippen LogP contribution in [0, 0.1) is 6.92 Å². The Kier molecular flexibility index (Phi) is 5.53. The van der Waals surface area contributed by atoms with Crippen LogP contribution in [-0.2, 0) is 0 Å². The Morgan fingerprint density at radius 1 is 1.25 bits per heavy atom. The van der Waals surface area contributed by atoms with Gasteiger partial charge in [0.1, 0.15) is 12.4 Å². The lowest BCUT2D eigenvalue weighted by molar-refractivity contribution is 0.171. The Balaban J connectivity index is 1.63. The van der Waals surface area contributed by atoms with E-state index in [-0.39, 0.29) is 0 Å². The number of ether oxygens (including phenoxy) is 1. The molecule has 4 nitrogen and oxygen atoms in total. The first kappa shape index (κ1) is 14.5. The van der Waals surface area contributed by atoms with E-state index < -0.39 is 6.10 Å². The summed E-state index contributed by atoms with van der Waals surface area (Å²) in [6, 6.07) is 11.6. The molecule has 0 aliphatic heterocycles. The molecule has 1 heterocycles. The summed E-state index contributed by atoms with van der Waals surface area (Å²) in [5.74, 6) is 0.866. The third-order valence-electron chi connectivity index (χ3n) is 2.98. The molecule has 2 N–H and O–H groups in total. The number of pyridine rings is 1. The summed E-state index contributed by atoms with van der Waals surface area (Å²) in [4.78, 5) is 3.98. The molecule has 1 atom stereocenters. The molecular weight excluding hydrogens is 252 g/mol. The minimum Gasteiger partial charge on any atom is -0.492 e. The zero-order valence-corrected chi connectivity index (χ0v) is 11.6. The lowest BCUT2D eigenvalue weighted by Gasteiger charge is -2.12. The third-order valence-corrected chi connectivity index (χ3v) is 2.98. The Hall–Kier alpha value is -1.91. The van der Waals surface area contributed by atoms with Gasteiger partial charge in [-0.05, 0) is 25.1 Å². The predicted octanol–water partition coefficient (Wildman–Crippen LogP) is 2.09. The third kappa shape index (κ3) is 4.64. The van der Waals surface area contributed by atoms with E-state index in [1.54, 1.807) is 12.4 Å². The minimum absolute atomic E-state index is 0.489. The highest BCUT2D eigenvalue weighted by molar-refractivity contribution is 5.26. The molecule has 2 rings (SSSR count). The average molecular weight is 272 g/mol. The fourth-order valence-electron chi connectivity index (χ4n) is 1.81. The molecule has 0 saturated carbocycles. The summed E-state index contributed by atoms with van der Waals surface area (Å²) in [5.41, 5.74) is 2.04. The molecule has 1 aromatic carbocycles. The van der Waals surface area contributed by atoms with Gasteiger partial charge < -0.3 is 15.2 Å². The molecule has 0 bridgehead atoms. The highest BCUT2D eigenvalue weighted by Gasteiger charge is 2.05. The molecule has 0 amide bonds. The summed E-state index contributed by atoms with van der Waals surface area (Å²) < 4.78 is 5.59. The molecule has 106 valence electrons. The highest BCUT2D eigenvalue weighted by atomic mass is 16.5. The molecule has 2 aromatic rings. The zero-order chi connectivity index (χ0) is 14.2. The minimum atomic E-state index is -0.539. The van der Waals surface area contributed by atoms with Crippen molar-refractivity contribution in [2.75, 3.05) is 19.7 Å². The molecule has 20 heavy (non-hydrogen) atoms. The van der Waals surface area contributed by atoms with Gasteiger partial charge in [-0.2, -0.15) is 0 Å². The molecular formula is C16H20N2O2. The first-order chi connectivity index (χ1) is 9.75. The first-order valence-corrected chi connectivity index (χ1v) is 6.74. The quantitative estimate of drug-likeness (QED) is 0.758. The van der Waals surface area contributed by atoms with Crippen LogP contribution in [0.3, 0.4) is 0 Å². The van der Waals surface area contributed by atoms with E-state index in [0.29, 0.717) is 19.7 Å². The second-order valence-corrected chi connectivity index (χ2v) is 4.67. The van der Waals surface area contributed by atoms with Crippen LogP contribution in [0.15, 0.2) is 48.8 Å². The van der Waals surface area contributed by atoms with Gasteiger partial charge in [-0.15, -0.1) is 0 Å². The molecule has 0 aliphatic carbocycles. The summed E-state index contributed by atoms with van der Waals surface area (Å²) in [6.07, 6.45) is 2.83. The normalized spacial score (nSPS) is 12.1. The Morgan fingerprint density at radius 3 is 2.75 bits per heavy atom. The van der Waals surface area contributed by atoms with E-state index in [1.807, 2.05) is 43.3 Å². The summed E-state index contributed by atoms with van der Waals surface area (Å²) in [6.45, 7) is 3.79. The van der Waals surface area contributed by atoms with E-state index in [4.69, 9.17) is 4.74 Å². The van der Waals surface area contributed by atoms with E-state index in [0.717, 1.165) is 11.3 Å². The van der Waals surface area contributed by atoms with Crippen LogP contribution >= 0.6 is 0 Å². The van der Waals surface area contributed by atoms with Crippen LogP contribution in [0.4, 0.5) is 0 Å². The number of aryl methyl sites for hydroxylation is 1. The van der Waals surface area contributed by atoms with Gasteiger partial charge in [-0.3, -0.25) is 4.98 Å². The lowest BCUT2D eigenvalue weighted by atomic mass is 10.1. The fraction of sp³-hybridized carbons (Fsp3) is 0.312. The molecule has 0 radical (unpaired) electrons. The van der Waals surface area contributed by atoms with Gasteiger partial charge in [-0.1, -0.05) is 23.8 Å². The van der Waals surface area contributed by atoms with E-state index >= 15 is 0 Å². The molecule has 0 aliphatic rings. The molecule has 0 saturated heterocycles. The topological polar surface area (TPSA) is 54.4 Å². The average Bonchev–Trinajstić information content (AvgIpc) is 2.49. The van der Waals surface area contributed by atoms with Crippen molar-refractivity contribution < 1.29 is 9.84 Å². The molecule has 0 spiro atoms. The van der Waals surface area contributed by atoms with Crippen LogP contribution < -0.4 is 10.1 Å². The van der Waals surface area contributed by atoms with E-state index in [2.05, 4.69) is 10.3 Å². The van der Waals surface area contributed by atoms with E-state index in [1.165, 1.54) is 5.56 Å². The van der Waals surface area contributed by atoms with Crippen molar-refractivity contribution in [2.24, 2.45) is 0 Å². The maximum Gasteiger partial charge on any atom is 0.119 e. The lowest BCUT2D eigenvalue weighted by Crippen LogP contribution is -2.26. The Morgan fingerprint density at radius 2 is 2.05 bits per heavy atom. The van der Waals surface area contributed by atoms with Crippen molar-refractivity contribution in [3.05, 3.63) is 59.9 Å². The number of hydrogen-bond donors (Lipinski definition) is 2. The molecule has 0 fully saturated rings. The smallest absolute Gasteiger partial charge is 0.119 e. The van der Waals surface area contributed by atoms with Crippen LogP contribution in [0.5, 0.6) is 5.75 Å². The monoisotopic (exact) mass is 272 g/mol. The molecule has 1 aromatic heterocycles. The highest BCUT2D eigenvalue weighted by Crippen LogP contribution is 2.11. The van der Waals surface area contributed by atoms with Crippen molar-refractivity contribution in [2.45, 2.75) is 13.0 Å².